The van der Waals surface area contributed by atoms with Crippen molar-refractivity contribution < 1.29 is 37.3 Å². The van der Waals surface area contributed by atoms with Gasteiger partial charge in [-0.25, -0.2) is 4.98 Å². The Morgan fingerprint density at radius 1 is 1.16 bits per heavy atom. The maximum atomic E-state index is 12.7. The first-order valence-corrected chi connectivity index (χ1v) is 11.5. The van der Waals surface area contributed by atoms with E-state index in [-0.39, 0.29) is 23.5 Å². The molecule has 0 radical (unpaired) electrons. The highest BCUT2D eigenvalue weighted by Gasteiger charge is 2.30. The van der Waals surface area contributed by atoms with Gasteiger partial charge in [-0.1, -0.05) is 0 Å². The summed E-state index contributed by atoms with van der Waals surface area (Å²) in [6.07, 6.45) is 0.321. The molecule has 3 N–H and O–H groups in total. The number of nitrogens with zero attached hydrogens (tertiary/aromatic N) is 3. The number of fused-ring (bicyclic) bond motifs is 1. The van der Waals surface area contributed by atoms with E-state index in [9.17, 15) is 22.8 Å². The minimum absolute atomic E-state index is 0.0279. The van der Waals surface area contributed by atoms with Crippen molar-refractivity contribution in [2.45, 2.75) is 31.9 Å². The van der Waals surface area contributed by atoms with E-state index in [1.54, 1.807) is 47.3 Å². The third-order valence-electron chi connectivity index (χ3n) is 5.65. The first-order valence-electron chi connectivity index (χ1n) is 11.5. The standard InChI is InChI=1S/C26H27F3N4O5/c1-37-21-10-17(11-22(38-2)25(21)20(34)5-7-26(27,28)29)19-15-32-23-12-16(6-9-33(19)23)18(13-30)14-31-8-3-4-24(35)36/h6,9-15H,3-5,7-8,30H2,1-2H3,(H,35,36). The van der Waals surface area contributed by atoms with Crippen LogP contribution in [0.15, 0.2) is 47.9 Å². The predicted octanol–water partition coefficient (Wildman–Crippen LogP) is 4.78. The van der Waals surface area contributed by atoms with Crippen molar-refractivity contribution in [2.24, 2.45) is 10.7 Å². The lowest BCUT2D eigenvalue weighted by Gasteiger charge is -2.15. The summed E-state index contributed by atoms with van der Waals surface area (Å²) >= 11 is 0. The van der Waals surface area contributed by atoms with Gasteiger partial charge in [0.2, 0.25) is 0 Å². The normalized spacial score (nSPS) is 12.3. The molecule has 2 aromatic heterocycles. The quantitative estimate of drug-likeness (QED) is 0.195. The van der Waals surface area contributed by atoms with Gasteiger partial charge in [-0.15, -0.1) is 0 Å². The van der Waals surface area contributed by atoms with Crippen LogP contribution in [0.4, 0.5) is 13.2 Å². The number of nitrogens with two attached hydrogens (primary N) is 1. The van der Waals surface area contributed by atoms with Crippen LogP contribution in [0.2, 0.25) is 0 Å². The van der Waals surface area contributed by atoms with E-state index >= 15 is 0 Å². The van der Waals surface area contributed by atoms with E-state index in [1.807, 2.05) is 0 Å². The van der Waals surface area contributed by atoms with Crippen LogP contribution in [0.1, 0.15) is 41.6 Å². The highest BCUT2D eigenvalue weighted by molar-refractivity contribution is 6.10. The minimum atomic E-state index is -4.46. The first kappa shape index (κ1) is 28.2. The number of ether oxygens (including phenoxy) is 2. The number of carbonyl (C=O) groups is 2. The molecule has 3 rings (SSSR count). The topological polar surface area (TPSA) is 129 Å². The van der Waals surface area contributed by atoms with Crippen LogP contribution in [0, 0.1) is 0 Å². The van der Waals surface area contributed by atoms with Crippen LogP contribution in [-0.4, -0.2) is 59.4 Å². The minimum Gasteiger partial charge on any atom is -0.496 e. The summed E-state index contributed by atoms with van der Waals surface area (Å²) < 4.78 is 50.4. The zero-order chi connectivity index (χ0) is 27.9. The highest BCUT2D eigenvalue weighted by Crippen LogP contribution is 2.37. The van der Waals surface area contributed by atoms with Gasteiger partial charge in [0.15, 0.2) is 5.78 Å². The number of pyridine rings is 1. The number of allylic oxidation sites excluding steroid dienone is 1. The number of aliphatic imine (C=N–C) groups is 1. The molecule has 0 saturated carbocycles. The Bertz CT molecular complexity index is 1350. The van der Waals surface area contributed by atoms with Gasteiger partial charge in [-0.2, -0.15) is 13.2 Å². The zero-order valence-electron chi connectivity index (χ0n) is 20.8. The number of aliphatic carboxylic acids is 1. The van der Waals surface area contributed by atoms with Gasteiger partial charge in [0, 0.05) is 49.1 Å². The monoisotopic (exact) mass is 532 g/mol. The van der Waals surface area contributed by atoms with Crippen molar-refractivity contribution in [1.82, 2.24) is 9.38 Å². The molecule has 0 aliphatic heterocycles. The van der Waals surface area contributed by atoms with Crippen molar-refractivity contribution in [1.29, 1.82) is 0 Å². The molecule has 0 aliphatic rings. The summed E-state index contributed by atoms with van der Waals surface area (Å²) in [5.74, 6) is -1.44. The summed E-state index contributed by atoms with van der Waals surface area (Å²) in [6, 6.07) is 6.68. The maximum Gasteiger partial charge on any atom is 0.389 e. The van der Waals surface area contributed by atoms with Crippen molar-refractivity contribution in [3.05, 3.63) is 54.0 Å². The average Bonchev–Trinajstić information content (AvgIpc) is 3.31. The fourth-order valence-corrected chi connectivity index (χ4v) is 3.79. The second-order valence-corrected chi connectivity index (χ2v) is 8.24. The summed E-state index contributed by atoms with van der Waals surface area (Å²) in [5.41, 5.74) is 8.83. The Balaban J connectivity index is 1.92. The number of carboxylic acids is 1. The van der Waals surface area contributed by atoms with Crippen molar-refractivity contribution in [3.63, 3.8) is 0 Å². The number of hydrogen-bond acceptors (Lipinski definition) is 7. The number of alkyl halides is 3. The lowest BCUT2D eigenvalue weighted by atomic mass is 10.0. The van der Waals surface area contributed by atoms with Gasteiger partial charge in [-0.3, -0.25) is 19.0 Å². The Hall–Kier alpha value is -4.35. The second-order valence-electron chi connectivity index (χ2n) is 8.24. The number of carboxylic acid groups (broad SMARTS) is 1. The number of carbonyl (C=O) groups excluding carboxylic acids is 1. The molecule has 2 heterocycles. The van der Waals surface area contributed by atoms with Gasteiger partial charge in [0.05, 0.1) is 32.5 Å². The molecule has 3 aromatic rings. The molecule has 12 heteroatoms. The molecule has 0 atom stereocenters. The molecule has 9 nitrogen and oxygen atoms in total. The SMILES string of the molecule is COc1cc(-c2cnc3cc(C(C=NCCCC(=O)O)=CN)ccn23)cc(OC)c1C(=O)CCC(F)(F)F. The molecule has 0 spiro atoms. The molecular weight excluding hydrogens is 505 g/mol. The lowest BCUT2D eigenvalue weighted by Crippen LogP contribution is -2.12. The van der Waals surface area contributed by atoms with E-state index < -0.39 is 30.8 Å². The number of imidazole rings is 1. The van der Waals surface area contributed by atoms with Crippen LogP contribution < -0.4 is 15.2 Å². The zero-order valence-corrected chi connectivity index (χ0v) is 20.8. The fourth-order valence-electron chi connectivity index (χ4n) is 3.79. The van der Waals surface area contributed by atoms with E-state index in [2.05, 4.69) is 9.98 Å². The molecule has 0 fully saturated rings. The highest BCUT2D eigenvalue weighted by atomic mass is 19.4. The van der Waals surface area contributed by atoms with E-state index in [0.717, 1.165) is 5.56 Å². The number of methoxy groups -OCH3 is 2. The molecule has 0 aliphatic carbocycles. The number of ketones is 1. The molecule has 0 saturated heterocycles. The van der Waals surface area contributed by atoms with Gasteiger partial charge in [-0.05, 0) is 36.2 Å². The van der Waals surface area contributed by atoms with E-state index in [0.29, 0.717) is 35.4 Å². The molecule has 38 heavy (non-hydrogen) atoms. The third kappa shape index (κ3) is 6.90. The Morgan fingerprint density at radius 2 is 1.84 bits per heavy atom. The molecule has 0 bridgehead atoms. The summed E-state index contributed by atoms with van der Waals surface area (Å²) in [5, 5.41) is 8.72. The molecular formula is C26H27F3N4O5. The number of hydrogen-bond donors (Lipinski definition) is 2. The number of halogens is 3. The second kappa shape index (κ2) is 12.3. The Kier molecular flexibility index (Phi) is 9.11. The van der Waals surface area contributed by atoms with Gasteiger partial charge < -0.3 is 20.3 Å². The van der Waals surface area contributed by atoms with E-state index in [1.165, 1.54) is 20.4 Å². The van der Waals surface area contributed by atoms with Crippen LogP contribution in [-0.2, 0) is 4.79 Å². The van der Waals surface area contributed by atoms with E-state index in [4.69, 9.17) is 20.3 Å². The maximum absolute atomic E-state index is 12.7. The first-order chi connectivity index (χ1) is 18.1. The number of Topliss-reactive ketones (excluding diaryl/α,β-unsaturated/α-hetero) is 1. The molecule has 1 aromatic carbocycles. The van der Waals surface area contributed by atoms with Crippen LogP contribution >= 0.6 is 0 Å². The van der Waals surface area contributed by atoms with Crippen molar-refractivity contribution >= 4 is 29.2 Å². The third-order valence-corrected chi connectivity index (χ3v) is 5.65. The van der Waals surface area contributed by atoms with Crippen LogP contribution in [0.3, 0.4) is 0 Å². The van der Waals surface area contributed by atoms with Crippen LogP contribution in [0.25, 0.3) is 22.5 Å². The van der Waals surface area contributed by atoms with Gasteiger partial charge in [0.25, 0.3) is 0 Å². The summed E-state index contributed by atoms with van der Waals surface area (Å²) in [6.45, 7) is 0.345. The van der Waals surface area contributed by atoms with Crippen molar-refractivity contribution in [2.75, 3.05) is 20.8 Å². The van der Waals surface area contributed by atoms with Crippen molar-refractivity contribution in [3.8, 4) is 22.8 Å². The summed E-state index contributed by atoms with van der Waals surface area (Å²) in [4.78, 5) is 31.9. The number of rotatable bonds is 12. The average molecular weight is 533 g/mol. The van der Waals surface area contributed by atoms with Crippen LogP contribution in [0.5, 0.6) is 11.5 Å². The molecule has 202 valence electrons. The Morgan fingerprint density at radius 3 is 2.42 bits per heavy atom. The lowest BCUT2D eigenvalue weighted by molar-refractivity contribution is -0.137. The number of aromatic nitrogens is 2. The largest absolute Gasteiger partial charge is 0.496 e. The Labute approximate surface area is 216 Å². The molecule has 0 unspecified atom stereocenters. The fraction of sp³-hybridized carbons (Fsp3) is 0.308. The predicted molar refractivity (Wildman–Crippen MR) is 136 cm³/mol. The molecule has 0 amide bonds. The van der Waals surface area contributed by atoms with Gasteiger partial charge >= 0.3 is 12.1 Å². The number of benzene rings is 1. The smallest absolute Gasteiger partial charge is 0.389 e. The summed E-state index contributed by atoms with van der Waals surface area (Å²) in [7, 11) is 2.65. The van der Waals surface area contributed by atoms with Gasteiger partial charge in [0.1, 0.15) is 22.7 Å².